The van der Waals surface area contributed by atoms with Gasteiger partial charge in [0.2, 0.25) is 0 Å². The van der Waals surface area contributed by atoms with Gasteiger partial charge >= 0.3 is 0 Å². The maximum atomic E-state index is 11.1. The summed E-state index contributed by atoms with van der Waals surface area (Å²) < 4.78 is 22.2. The van der Waals surface area contributed by atoms with Gasteiger partial charge in [-0.15, -0.1) is 0 Å². The molecule has 1 rings (SSSR count). The summed E-state index contributed by atoms with van der Waals surface area (Å²) >= 11 is 0. The zero-order valence-electron chi connectivity index (χ0n) is 7.46. The third-order valence-electron chi connectivity index (χ3n) is 1.91. The lowest BCUT2D eigenvalue weighted by atomic mass is 10.1. The van der Waals surface area contributed by atoms with Crippen LogP contribution < -0.4 is 0 Å². The van der Waals surface area contributed by atoms with Gasteiger partial charge in [0.1, 0.15) is 0 Å². The Kier molecular flexibility index (Phi) is 2.24. The van der Waals surface area contributed by atoms with Crippen LogP contribution >= 0.6 is 0 Å². The van der Waals surface area contributed by atoms with Crippen molar-refractivity contribution in [2.24, 2.45) is 0 Å². The van der Waals surface area contributed by atoms with Crippen LogP contribution in [0.3, 0.4) is 0 Å². The van der Waals surface area contributed by atoms with Gasteiger partial charge in [0.15, 0.2) is 9.84 Å². The topological polar surface area (TPSA) is 34.1 Å². The summed E-state index contributed by atoms with van der Waals surface area (Å²) in [5, 5.41) is 0. The Morgan fingerprint density at radius 2 is 1.67 bits per heavy atom. The average molecular weight is 184 g/mol. The molecule has 0 atom stereocenters. The summed E-state index contributed by atoms with van der Waals surface area (Å²) in [6.07, 6.45) is 1.22. The van der Waals surface area contributed by atoms with Crippen molar-refractivity contribution in [3.05, 3.63) is 29.3 Å². The molecular weight excluding hydrogens is 172 g/mol. The van der Waals surface area contributed by atoms with Gasteiger partial charge in [0, 0.05) is 6.26 Å². The van der Waals surface area contributed by atoms with E-state index in [0.717, 1.165) is 11.1 Å². The van der Waals surface area contributed by atoms with E-state index in [2.05, 4.69) is 0 Å². The molecule has 1 aromatic carbocycles. The highest BCUT2D eigenvalue weighted by molar-refractivity contribution is 7.90. The van der Waals surface area contributed by atoms with Gasteiger partial charge in [-0.2, -0.15) is 0 Å². The Balaban J connectivity index is 3.33. The molecule has 0 N–H and O–H groups in total. The van der Waals surface area contributed by atoms with Gasteiger partial charge < -0.3 is 0 Å². The first-order chi connectivity index (χ1) is 5.41. The van der Waals surface area contributed by atoms with Crippen molar-refractivity contribution in [3.8, 4) is 0 Å². The fraction of sp³-hybridized carbons (Fsp3) is 0.333. The van der Waals surface area contributed by atoms with Crippen LogP contribution in [0.1, 0.15) is 11.1 Å². The van der Waals surface area contributed by atoms with Gasteiger partial charge in [0.05, 0.1) is 4.90 Å². The zero-order valence-corrected chi connectivity index (χ0v) is 8.27. The fourth-order valence-electron chi connectivity index (χ4n) is 0.945. The molecule has 0 radical (unpaired) electrons. The van der Waals surface area contributed by atoms with Crippen LogP contribution in [0.2, 0.25) is 0 Å². The summed E-state index contributed by atoms with van der Waals surface area (Å²) in [6.45, 7) is 3.87. The summed E-state index contributed by atoms with van der Waals surface area (Å²) in [5.41, 5.74) is 2.13. The molecule has 66 valence electrons. The summed E-state index contributed by atoms with van der Waals surface area (Å²) in [6, 6.07) is 5.16. The molecule has 0 spiro atoms. The lowest BCUT2D eigenvalue weighted by Gasteiger charge is -2.02. The minimum atomic E-state index is -3.04. The van der Waals surface area contributed by atoms with Gasteiger partial charge in [-0.3, -0.25) is 0 Å². The number of hydrogen-bond donors (Lipinski definition) is 0. The molecule has 0 aromatic heterocycles. The van der Waals surface area contributed by atoms with E-state index in [1.165, 1.54) is 6.26 Å². The SMILES string of the molecule is Cc1ccc(S(C)(=O)=O)cc1C. The third kappa shape index (κ3) is 1.85. The van der Waals surface area contributed by atoms with Gasteiger partial charge in [-0.1, -0.05) is 6.07 Å². The van der Waals surface area contributed by atoms with Crippen LogP contribution in [-0.2, 0) is 9.84 Å². The molecule has 0 aliphatic heterocycles. The van der Waals surface area contributed by atoms with Crippen molar-refractivity contribution in [3.63, 3.8) is 0 Å². The lowest BCUT2D eigenvalue weighted by Crippen LogP contribution is -1.97. The standard InChI is InChI=1S/C9H12O2S/c1-7-4-5-9(6-8(7)2)12(3,10)11/h4-6H,1-3H3. The average Bonchev–Trinajstić information content (AvgIpc) is 1.92. The molecule has 0 heterocycles. The molecule has 1 aromatic rings. The minimum absolute atomic E-state index is 0.394. The molecule has 12 heavy (non-hydrogen) atoms. The van der Waals surface area contributed by atoms with E-state index in [0.29, 0.717) is 4.90 Å². The maximum absolute atomic E-state index is 11.1. The van der Waals surface area contributed by atoms with Crippen LogP contribution in [0.4, 0.5) is 0 Å². The summed E-state index contributed by atoms with van der Waals surface area (Å²) in [5.74, 6) is 0. The highest BCUT2D eigenvalue weighted by Crippen LogP contribution is 2.13. The van der Waals surface area contributed by atoms with Crippen LogP contribution in [-0.4, -0.2) is 14.7 Å². The summed E-state index contributed by atoms with van der Waals surface area (Å²) in [7, 11) is -3.04. The molecule has 0 saturated carbocycles. The number of aryl methyl sites for hydroxylation is 2. The molecule has 2 nitrogen and oxygen atoms in total. The second-order valence-electron chi connectivity index (χ2n) is 3.02. The molecule has 0 aliphatic rings. The first-order valence-corrected chi connectivity index (χ1v) is 5.58. The molecule has 0 aliphatic carbocycles. The molecule has 0 unspecified atom stereocenters. The lowest BCUT2D eigenvalue weighted by molar-refractivity contribution is 0.602. The molecule has 0 fully saturated rings. The number of sulfone groups is 1. The molecular formula is C9H12O2S. The second kappa shape index (κ2) is 2.90. The Morgan fingerprint density at radius 1 is 1.08 bits per heavy atom. The Bertz CT molecular complexity index is 391. The largest absolute Gasteiger partial charge is 0.224 e. The van der Waals surface area contributed by atoms with Crippen LogP contribution in [0.25, 0.3) is 0 Å². The van der Waals surface area contributed by atoms with E-state index < -0.39 is 9.84 Å². The predicted molar refractivity (Wildman–Crippen MR) is 49.0 cm³/mol. The van der Waals surface area contributed by atoms with Crippen LogP contribution in [0.15, 0.2) is 23.1 Å². The maximum Gasteiger partial charge on any atom is 0.175 e. The van der Waals surface area contributed by atoms with Crippen LogP contribution in [0.5, 0.6) is 0 Å². The van der Waals surface area contributed by atoms with Crippen molar-refractivity contribution >= 4 is 9.84 Å². The van der Waals surface area contributed by atoms with E-state index in [1.807, 2.05) is 19.9 Å². The van der Waals surface area contributed by atoms with E-state index in [-0.39, 0.29) is 0 Å². The predicted octanol–water partition coefficient (Wildman–Crippen LogP) is 1.71. The summed E-state index contributed by atoms with van der Waals surface area (Å²) in [4.78, 5) is 0.394. The monoisotopic (exact) mass is 184 g/mol. The Hall–Kier alpha value is -0.830. The highest BCUT2D eigenvalue weighted by atomic mass is 32.2. The first-order valence-electron chi connectivity index (χ1n) is 3.68. The zero-order chi connectivity index (χ0) is 9.35. The second-order valence-corrected chi connectivity index (χ2v) is 5.03. The molecule has 0 amide bonds. The van der Waals surface area contributed by atoms with Crippen molar-refractivity contribution in [1.82, 2.24) is 0 Å². The third-order valence-corrected chi connectivity index (χ3v) is 3.02. The highest BCUT2D eigenvalue weighted by Gasteiger charge is 2.06. The first kappa shape index (κ1) is 9.26. The minimum Gasteiger partial charge on any atom is -0.224 e. The number of benzene rings is 1. The molecule has 3 heteroatoms. The van der Waals surface area contributed by atoms with E-state index in [9.17, 15) is 8.42 Å². The smallest absolute Gasteiger partial charge is 0.175 e. The normalized spacial score (nSPS) is 11.6. The van der Waals surface area contributed by atoms with Crippen molar-refractivity contribution in [2.45, 2.75) is 18.7 Å². The van der Waals surface area contributed by atoms with Gasteiger partial charge in [0.25, 0.3) is 0 Å². The van der Waals surface area contributed by atoms with Crippen molar-refractivity contribution < 1.29 is 8.42 Å². The quantitative estimate of drug-likeness (QED) is 0.665. The number of hydrogen-bond acceptors (Lipinski definition) is 2. The van der Waals surface area contributed by atoms with Crippen molar-refractivity contribution in [2.75, 3.05) is 6.26 Å². The fourth-order valence-corrected chi connectivity index (χ4v) is 1.65. The van der Waals surface area contributed by atoms with Crippen LogP contribution in [0, 0.1) is 13.8 Å². The van der Waals surface area contributed by atoms with Gasteiger partial charge in [-0.25, -0.2) is 8.42 Å². The Morgan fingerprint density at radius 3 is 2.08 bits per heavy atom. The van der Waals surface area contributed by atoms with E-state index in [1.54, 1.807) is 12.1 Å². The molecule has 0 bridgehead atoms. The number of rotatable bonds is 1. The van der Waals surface area contributed by atoms with E-state index >= 15 is 0 Å². The van der Waals surface area contributed by atoms with Gasteiger partial charge in [-0.05, 0) is 37.1 Å². The molecule has 0 saturated heterocycles. The van der Waals surface area contributed by atoms with E-state index in [4.69, 9.17) is 0 Å². The Labute approximate surface area is 73.2 Å². The van der Waals surface area contributed by atoms with Crippen molar-refractivity contribution in [1.29, 1.82) is 0 Å².